The third-order valence-electron chi connectivity index (χ3n) is 3.67. The Morgan fingerprint density at radius 2 is 2.13 bits per heavy atom. The van der Waals surface area contributed by atoms with Crippen LogP contribution in [0.5, 0.6) is 5.88 Å². The van der Waals surface area contributed by atoms with Crippen LogP contribution in [0.3, 0.4) is 0 Å². The number of hydrogen-bond donors (Lipinski definition) is 1. The summed E-state index contributed by atoms with van der Waals surface area (Å²) in [5.74, 6) is 1.22. The van der Waals surface area contributed by atoms with Crippen molar-refractivity contribution in [1.29, 1.82) is 0 Å². The van der Waals surface area contributed by atoms with E-state index in [1.54, 1.807) is 16.8 Å². The normalized spacial score (nSPS) is 12.8. The molecule has 3 heterocycles. The Morgan fingerprint density at radius 1 is 1.26 bits per heavy atom. The maximum atomic E-state index is 5.90. The van der Waals surface area contributed by atoms with E-state index in [-0.39, 0.29) is 6.10 Å². The molecule has 6 nitrogen and oxygen atoms in total. The van der Waals surface area contributed by atoms with Gasteiger partial charge in [-0.1, -0.05) is 18.2 Å². The smallest absolute Gasteiger partial charge is 0.232 e. The zero-order valence-corrected chi connectivity index (χ0v) is 12.6. The molecule has 0 amide bonds. The lowest BCUT2D eigenvalue weighted by atomic mass is 10.2. The summed E-state index contributed by atoms with van der Waals surface area (Å²) in [7, 11) is 0. The first-order valence-electron chi connectivity index (χ1n) is 7.45. The molecule has 0 unspecified atom stereocenters. The fourth-order valence-corrected chi connectivity index (χ4v) is 2.45. The van der Waals surface area contributed by atoms with Gasteiger partial charge < -0.3 is 14.9 Å². The average molecular weight is 308 g/mol. The van der Waals surface area contributed by atoms with E-state index in [9.17, 15) is 0 Å². The van der Waals surface area contributed by atoms with Crippen molar-refractivity contribution in [3.05, 3.63) is 48.7 Å². The van der Waals surface area contributed by atoms with Crippen LogP contribution in [0.15, 0.2) is 53.1 Å². The third-order valence-corrected chi connectivity index (χ3v) is 3.67. The Bertz CT molecular complexity index is 940. The summed E-state index contributed by atoms with van der Waals surface area (Å²) in [5, 5.41) is 5.53. The third kappa shape index (κ3) is 2.43. The van der Waals surface area contributed by atoms with E-state index >= 15 is 0 Å². The van der Waals surface area contributed by atoms with E-state index in [4.69, 9.17) is 14.9 Å². The molecule has 0 aliphatic carbocycles. The SMILES string of the molecule is C[C@@H](CN)Oc1ccc2ncc(-c3cc4ccccc4o3)n2n1. The Hall–Kier alpha value is -2.86. The molecule has 0 spiro atoms. The predicted molar refractivity (Wildman–Crippen MR) is 87.3 cm³/mol. The molecule has 0 aliphatic heterocycles. The molecule has 3 aromatic heterocycles. The molecule has 2 N–H and O–H groups in total. The van der Waals surface area contributed by atoms with Crippen molar-refractivity contribution < 1.29 is 9.15 Å². The van der Waals surface area contributed by atoms with Crippen molar-refractivity contribution in [1.82, 2.24) is 14.6 Å². The quantitative estimate of drug-likeness (QED) is 0.627. The number of hydrogen-bond acceptors (Lipinski definition) is 5. The van der Waals surface area contributed by atoms with Gasteiger partial charge in [0, 0.05) is 18.0 Å². The molecule has 1 atom stereocenters. The van der Waals surface area contributed by atoms with Gasteiger partial charge in [-0.25, -0.2) is 9.50 Å². The first kappa shape index (κ1) is 13.8. The number of imidazole rings is 1. The average Bonchev–Trinajstić information content (AvgIpc) is 3.17. The Labute approximate surface area is 132 Å². The van der Waals surface area contributed by atoms with Gasteiger partial charge in [-0.05, 0) is 25.1 Å². The van der Waals surface area contributed by atoms with Crippen LogP contribution in [-0.2, 0) is 0 Å². The molecule has 0 bridgehead atoms. The Kier molecular flexibility index (Phi) is 3.24. The minimum absolute atomic E-state index is 0.0990. The maximum absolute atomic E-state index is 5.90. The largest absolute Gasteiger partial charge is 0.472 e. The second-order valence-corrected chi connectivity index (χ2v) is 5.40. The lowest BCUT2D eigenvalue weighted by Gasteiger charge is -2.11. The van der Waals surface area contributed by atoms with Crippen LogP contribution in [0, 0.1) is 0 Å². The van der Waals surface area contributed by atoms with Crippen LogP contribution >= 0.6 is 0 Å². The molecule has 1 aromatic carbocycles. The van der Waals surface area contributed by atoms with Crippen LogP contribution < -0.4 is 10.5 Å². The number of nitrogens with zero attached hydrogens (tertiary/aromatic N) is 3. The summed E-state index contributed by atoms with van der Waals surface area (Å²) in [6, 6.07) is 13.5. The monoisotopic (exact) mass is 308 g/mol. The van der Waals surface area contributed by atoms with E-state index in [1.165, 1.54) is 0 Å². The molecule has 0 saturated carbocycles. The lowest BCUT2D eigenvalue weighted by Crippen LogP contribution is -2.23. The van der Waals surface area contributed by atoms with E-state index in [0.717, 1.165) is 28.1 Å². The molecular formula is C17H16N4O2. The maximum Gasteiger partial charge on any atom is 0.232 e. The lowest BCUT2D eigenvalue weighted by molar-refractivity contribution is 0.217. The number of furan rings is 1. The minimum Gasteiger partial charge on any atom is -0.472 e. The van der Waals surface area contributed by atoms with Gasteiger partial charge in [-0.2, -0.15) is 0 Å². The van der Waals surface area contributed by atoms with E-state index < -0.39 is 0 Å². The van der Waals surface area contributed by atoms with Crippen molar-refractivity contribution >= 4 is 16.6 Å². The highest BCUT2D eigenvalue weighted by Crippen LogP contribution is 2.28. The zero-order valence-electron chi connectivity index (χ0n) is 12.6. The number of benzene rings is 1. The summed E-state index contributed by atoms with van der Waals surface area (Å²) < 4.78 is 13.3. The number of fused-ring (bicyclic) bond motifs is 2. The van der Waals surface area contributed by atoms with Gasteiger partial charge in [-0.3, -0.25) is 0 Å². The van der Waals surface area contributed by atoms with E-state index in [2.05, 4.69) is 10.1 Å². The van der Waals surface area contributed by atoms with Crippen LogP contribution in [0.1, 0.15) is 6.92 Å². The van der Waals surface area contributed by atoms with Crippen LogP contribution in [0.25, 0.3) is 28.1 Å². The summed E-state index contributed by atoms with van der Waals surface area (Å²) >= 11 is 0. The number of para-hydroxylation sites is 1. The summed E-state index contributed by atoms with van der Waals surface area (Å²) in [6.45, 7) is 2.33. The van der Waals surface area contributed by atoms with E-state index in [0.29, 0.717) is 12.4 Å². The minimum atomic E-state index is -0.0990. The molecular weight excluding hydrogens is 292 g/mol. The van der Waals surface area contributed by atoms with Gasteiger partial charge in [-0.15, -0.1) is 5.10 Å². The molecule has 4 aromatic rings. The fraction of sp³-hybridized carbons (Fsp3) is 0.176. The first-order valence-corrected chi connectivity index (χ1v) is 7.45. The standard InChI is InChI=1S/C17H16N4O2/c1-11(9-18)22-17-7-6-16-19-10-13(21(16)20-17)15-8-12-4-2-3-5-14(12)23-15/h2-8,10-11H,9,18H2,1H3/t11-/m0/s1. The van der Waals surface area contributed by atoms with Gasteiger partial charge >= 0.3 is 0 Å². The highest BCUT2D eigenvalue weighted by atomic mass is 16.5. The van der Waals surface area contributed by atoms with Gasteiger partial charge in [0.2, 0.25) is 5.88 Å². The van der Waals surface area contributed by atoms with Gasteiger partial charge in [0.25, 0.3) is 0 Å². The molecule has 116 valence electrons. The molecule has 4 rings (SSSR count). The van der Waals surface area contributed by atoms with Gasteiger partial charge in [0.1, 0.15) is 17.4 Å². The fourth-order valence-electron chi connectivity index (χ4n) is 2.45. The summed E-state index contributed by atoms with van der Waals surface area (Å²) in [5.41, 5.74) is 7.93. The molecule has 0 saturated heterocycles. The first-order chi connectivity index (χ1) is 11.2. The second-order valence-electron chi connectivity index (χ2n) is 5.40. The van der Waals surface area contributed by atoms with Gasteiger partial charge in [0.05, 0.1) is 6.20 Å². The number of aromatic nitrogens is 3. The van der Waals surface area contributed by atoms with Crippen LogP contribution in [-0.4, -0.2) is 27.2 Å². The van der Waals surface area contributed by atoms with Crippen molar-refractivity contribution in [2.45, 2.75) is 13.0 Å². The number of nitrogens with two attached hydrogens (primary N) is 1. The second kappa shape index (κ2) is 5.40. The Morgan fingerprint density at radius 3 is 2.96 bits per heavy atom. The van der Waals surface area contributed by atoms with Crippen LogP contribution in [0.4, 0.5) is 0 Å². The van der Waals surface area contributed by atoms with Gasteiger partial charge in [0.15, 0.2) is 11.4 Å². The van der Waals surface area contributed by atoms with Crippen molar-refractivity contribution in [2.75, 3.05) is 6.54 Å². The summed E-state index contributed by atoms with van der Waals surface area (Å²) in [6.07, 6.45) is 1.65. The highest BCUT2D eigenvalue weighted by Gasteiger charge is 2.13. The van der Waals surface area contributed by atoms with E-state index in [1.807, 2.05) is 43.3 Å². The van der Waals surface area contributed by atoms with Crippen molar-refractivity contribution in [2.24, 2.45) is 5.73 Å². The summed E-state index contributed by atoms with van der Waals surface area (Å²) in [4.78, 5) is 4.37. The van der Waals surface area contributed by atoms with Crippen molar-refractivity contribution in [3.63, 3.8) is 0 Å². The predicted octanol–water partition coefficient (Wildman–Crippen LogP) is 2.87. The topological polar surface area (TPSA) is 78.6 Å². The number of rotatable bonds is 4. The zero-order chi connectivity index (χ0) is 15.8. The molecule has 0 fully saturated rings. The van der Waals surface area contributed by atoms with Crippen molar-refractivity contribution in [3.8, 4) is 17.3 Å². The van der Waals surface area contributed by atoms with Crippen LogP contribution in [0.2, 0.25) is 0 Å². The molecule has 0 aliphatic rings. The highest BCUT2D eigenvalue weighted by molar-refractivity contribution is 5.82. The Balaban J connectivity index is 1.81. The molecule has 6 heteroatoms. The number of ether oxygens (including phenoxy) is 1. The molecule has 23 heavy (non-hydrogen) atoms. The molecule has 0 radical (unpaired) electrons.